The first kappa shape index (κ1) is 20.3. The standard InChI is InChI=1S/C22H22N2O5/c1-11(2)18(22(28)29)23-19(25)14-7-8-15-16(10-14)21(27)24(20(15)26)17-9-12(3)5-6-13(17)4/h5-11,18H,1-4H3,(H,23,25)(H,28,29)/t18-/m1/s1. The van der Waals surface area contributed by atoms with Crippen LogP contribution in [0.1, 0.15) is 56.0 Å². The first-order valence-corrected chi connectivity index (χ1v) is 9.25. The number of imide groups is 1. The highest BCUT2D eigenvalue weighted by atomic mass is 16.4. The third kappa shape index (κ3) is 3.63. The van der Waals surface area contributed by atoms with Crippen molar-refractivity contribution in [3.63, 3.8) is 0 Å². The van der Waals surface area contributed by atoms with Crippen LogP contribution >= 0.6 is 0 Å². The first-order chi connectivity index (χ1) is 13.6. The zero-order chi connectivity index (χ0) is 21.5. The maximum Gasteiger partial charge on any atom is 0.326 e. The highest BCUT2D eigenvalue weighted by molar-refractivity contribution is 6.35. The molecule has 0 fully saturated rings. The molecular formula is C22H22N2O5. The minimum atomic E-state index is -1.14. The Bertz CT molecular complexity index is 1040. The van der Waals surface area contributed by atoms with E-state index in [0.29, 0.717) is 5.69 Å². The molecule has 7 nitrogen and oxygen atoms in total. The second kappa shape index (κ2) is 7.50. The third-order valence-electron chi connectivity index (χ3n) is 4.97. The van der Waals surface area contributed by atoms with Gasteiger partial charge in [-0.1, -0.05) is 26.0 Å². The highest BCUT2D eigenvalue weighted by Gasteiger charge is 2.38. The summed E-state index contributed by atoms with van der Waals surface area (Å²) in [6, 6.07) is 8.64. The first-order valence-electron chi connectivity index (χ1n) is 9.25. The quantitative estimate of drug-likeness (QED) is 0.759. The number of benzene rings is 2. The van der Waals surface area contributed by atoms with Gasteiger partial charge in [0.25, 0.3) is 17.7 Å². The van der Waals surface area contributed by atoms with Crippen LogP contribution < -0.4 is 10.2 Å². The van der Waals surface area contributed by atoms with Gasteiger partial charge in [0, 0.05) is 5.56 Å². The lowest BCUT2D eigenvalue weighted by atomic mass is 10.0. The van der Waals surface area contributed by atoms with Crippen molar-refractivity contribution in [1.29, 1.82) is 0 Å². The Hall–Kier alpha value is -3.48. The minimum absolute atomic E-state index is 0.125. The van der Waals surface area contributed by atoms with Crippen LogP contribution in [0.5, 0.6) is 0 Å². The topological polar surface area (TPSA) is 104 Å². The summed E-state index contributed by atoms with van der Waals surface area (Å²) in [5, 5.41) is 11.7. The molecule has 0 bridgehead atoms. The number of carboxylic acids is 1. The predicted molar refractivity (Wildman–Crippen MR) is 107 cm³/mol. The number of hydrogen-bond donors (Lipinski definition) is 2. The van der Waals surface area contributed by atoms with Crippen molar-refractivity contribution in [1.82, 2.24) is 5.32 Å². The number of carbonyl (C=O) groups is 4. The van der Waals surface area contributed by atoms with Crippen molar-refractivity contribution < 1.29 is 24.3 Å². The van der Waals surface area contributed by atoms with Gasteiger partial charge in [0.15, 0.2) is 0 Å². The van der Waals surface area contributed by atoms with Gasteiger partial charge < -0.3 is 10.4 Å². The van der Waals surface area contributed by atoms with Crippen LogP contribution in [0.4, 0.5) is 5.69 Å². The summed E-state index contributed by atoms with van der Waals surface area (Å²) in [4.78, 5) is 50.8. The molecule has 7 heteroatoms. The van der Waals surface area contributed by atoms with E-state index in [-0.39, 0.29) is 22.6 Å². The fourth-order valence-corrected chi connectivity index (χ4v) is 3.30. The van der Waals surface area contributed by atoms with Crippen LogP contribution in [-0.2, 0) is 4.79 Å². The van der Waals surface area contributed by atoms with Gasteiger partial charge in [-0.25, -0.2) is 9.69 Å². The summed E-state index contributed by atoms with van der Waals surface area (Å²) in [6.07, 6.45) is 0. The molecule has 1 atom stereocenters. The monoisotopic (exact) mass is 394 g/mol. The molecule has 0 unspecified atom stereocenters. The summed E-state index contributed by atoms with van der Waals surface area (Å²) < 4.78 is 0. The second-order valence-corrected chi connectivity index (χ2v) is 7.53. The molecule has 1 aliphatic heterocycles. The number of aryl methyl sites for hydroxylation is 2. The molecule has 150 valence electrons. The van der Waals surface area contributed by atoms with Gasteiger partial charge in [-0.2, -0.15) is 0 Å². The molecular weight excluding hydrogens is 372 g/mol. The van der Waals surface area contributed by atoms with Crippen LogP contribution in [0.2, 0.25) is 0 Å². The van der Waals surface area contributed by atoms with Gasteiger partial charge in [-0.15, -0.1) is 0 Å². The average molecular weight is 394 g/mol. The SMILES string of the molecule is Cc1ccc(C)c(N2C(=O)c3ccc(C(=O)N[C@@H](C(=O)O)C(C)C)cc3C2=O)c1. The number of rotatable bonds is 5. The largest absolute Gasteiger partial charge is 0.480 e. The number of carboxylic acid groups (broad SMARTS) is 1. The average Bonchev–Trinajstić information content (AvgIpc) is 2.91. The van der Waals surface area contributed by atoms with Gasteiger partial charge in [0.1, 0.15) is 6.04 Å². The predicted octanol–water partition coefficient (Wildman–Crippen LogP) is 2.94. The lowest BCUT2D eigenvalue weighted by Gasteiger charge is -2.18. The molecule has 3 rings (SSSR count). The number of nitrogens with zero attached hydrogens (tertiary/aromatic N) is 1. The van der Waals surface area contributed by atoms with Crippen molar-refractivity contribution in [2.24, 2.45) is 5.92 Å². The normalized spacial score (nSPS) is 14.2. The van der Waals surface area contributed by atoms with Crippen LogP contribution in [0.25, 0.3) is 0 Å². The Kier molecular flexibility index (Phi) is 5.24. The summed E-state index contributed by atoms with van der Waals surface area (Å²) in [7, 11) is 0. The molecule has 0 spiro atoms. The molecule has 0 radical (unpaired) electrons. The van der Waals surface area contributed by atoms with Gasteiger partial charge >= 0.3 is 5.97 Å². The Balaban J connectivity index is 1.94. The van der Waals surface area contributed by atoms with E-state index in [0.717, 1.165) is 16.0 Å². The number of fused-ring (bicyclic) bond motifs is 1. The van der Waals surface area contributed by atoms with Crippen molar-refractivity contribution >= 4 is 29.4 Å². The Morgan fingerprint density at radius 1 is 0.966 bits per heavy atom. The van der Waals surface area contributed by atoms with Crippen molar-refractivity contribution in [2.75, 3.05) is 4.90 Å². The van der Waals surface area contributed by atoms with E-state index in [2.05, 4.69) is 5.32 Å². The number of nitrogens with one attached hydrogen (secondary N) is 1. The van der Waals surface area contributed by atoms with Crippen molar-refractivity contribution in [2.45, 2.75) is 33.7 Å². The number of carbonyl (C=O) groups excluding carboxylic acids is 3. The van der Waals surface area contributed by atoms with Crippen LogP contribution in [0.3, 0.4) is 0 Å². The molecule has 0 saturated carbocycles. The van der Waals surface area contributed by atoms with E-state index in [9.17, 15) is 24.3 Å². The molecule has 2 N–H and O–H groups in total. The molecule has 0 aliphatic carbocycles. The number of hydrogen-bond acceptors (Lipinski definition) is 4. The molecule has 2 aromatic carbocycles. The van der Waals surface area contributed by atoms with Gasteiger partial charge in [0.2, 0.25) is 0 Å². The van der Waals surface area contributed by atoms with Crippen LogP contribution in [0, 0.1) is 19.8 Å². The lowest BCUT2D eigenvalue weighted by molar-refractivity contribution is -0.140. The molecule has 1 aliphatic rings. The van der Waals surface area contributed by atoms with Gasteiger partial charge in [-0.3, -0.25) is 14.4 Å². The van der Waals surface area contributed by atoms with E-state index in [1.54, 1.807) is 19.9 Å². The van der Waals surface area contributed by atoms with Crippen LogP contribution in [-0.4, -0.2) is 34.8 Å². The Labute approximate surface area is 168 Å². The van der Waals surface area contributed by atoms with Crippen LogP contribution in [0.15, 0.2) is 36.4 Å². The Morgan fingerprint density at radius 2 is 1.62 bits per heavy atom. The third-order valence-corrected chi connectivity index (χ3v) is 4.97. The minimum Gasteiger partial charge on any atom is -0.480 e. The van der Waals surface area contributed by atoms with E-state index < -0.39 is 29.7 Å². The van der Waals surface area contributed by atoms with E-state index in [1.807, 2.05) is 26.0 Å². The second-order valence-electron chi connectivity index (χ2n) is 7.53. The summed E-state index contributed by atoms with van der Waals surface area (Å²) >= 11 is 0. The summed E-state index contributed by atoms with van der Waals surface area (Å²) in [5.41, 5.74) is 2.67. The van der Waals surface area contributed by atoms with Crippen molar-refractivity contribution in [3.8, 4) is 0 Å². The maximum absolute atomic E-state index is 13.0. The number of amides is 3. The Morgan fingerprint density at radius 3 is 2.24 bits per heavy atom. The smallest absolute Gasteiger partial charge is 0.326 e. The van der Waals surface area contributed by atoms with E-state index >= 15 is 0 Å². The molecule has 0 aromatic heterocycles. The van der Waals surface area contributed by atoms with E-state index in [4.69, 9.17) is 0 Å². The summed E-state index contributed by atoms with van der Waals surface area (Å²) in [6.45, 7) is 7.06. The lowest BCUT2D eigenvalue weighted by Crippen LogP contribution is -2.44. The molecule has 0 saturated heterocycles. The molecule has 1 heterocycles. The van der Waals surface area contributed by atoms with Gasteiger partial charge in [-0.05, 0) is 55.2 Å². The highest BCUT2D eigenvalue weighted by Crippen LogP contribution is 2.31. The maximum atomic E-state index is 13.0. The molecule has 3 amide bonds. The fourth-order valence-electron chi connectivity index (χ4n) is 3.30. The number of anilines is 1. The summed E-state index contributed by atoms with van der Waals surface area (Å²) in [5.74, 6) is -3.02. The zero-order valence-corrected chi connectivity index (χ0v) is 16.6. The number of aliphatic carboxylic acids is 1. The van der Waals surface area contributed by atoms with Gasteiger partial charge in [0.05, 0.1) is 16.8 Å². The van der Waals surface area contributed by atoms with Crippen molar-refractivity contribution in [3.05, 3.63) is 64.2 Å². The fraction of sp³-hybridized carbons (Fsp3) is 0.273. The van der Waals surface area contributed by atoms with E-state index in [1.165, 1.54) is 18.2 Å². The zero-order valence-electron chi connectivity index (χ0n) is 16.6. The molecule has 2 aromatic rings. The molecule has 29 heavy (non-hydrogen) atoms.